The van der Waals surface area contributed by atoms with Gasteiger partial charge < -0.3 is 9.47 Å². The summed E-state index contributed by atoms with van der Waals surface area (Å²) in [4.78, 5) is 0. The molecule has 0 spiro atoms. The Labute approximate surface area is 87.2 Å². The van der Waals surface area contributed by atoms with Gasteiger partial charge in [0.1, 0.15) is 0 Å². The summed E-state index contributed by atoms with van der Waals surface area (Å²) in [5.74, 6) is -0.124. The van der Waals surface area contributed by atoms with E-state index in [-0.39, 0.29) is 18.4 Å². The molecule has 2 aromatic rings. The van der Waals surface area contributed by atoms with Crippen LogP contribution in [0.2, 0.25) is 0 Å². The van der Waals surface area contributed by atoms with Crippen LogP contribution in [0.15, 0.2) is 36.4 Å². The molecule has 3 heteroatoms. The van der Waals surface area contributed by atoms with Crippen molar-refractivity contribution in [1.29, 1.82) is 0 Å². The molecule has 0 aliphatic rings. The van der Waals surface area contributed by atoms with Crippen molar-refractivity contribution in [3.63, 3.8) is 0 Å². The first-order valence-electron chi connectivity index (χ1n) is 4.62. The molecular formula is C12H11FO2. The summed E-state index contributed by atoms with van der Waals surface area (Å²) in [7, 11) is 1.50. The Balaban J connectivity index is 2.53. The average Bonchev–Trinajstić information content (AvgIpc) is 2.28. The van der Waals surface area contributed by atoms with Crippen LogP contribution in [-0.2, 0) is 4.74 Å². The molecule has 0 aliphatic carbocycles. The SMILES string of the molecule is COCOc1c(F)ccc2ccccc12. The van der Waals surface area contributed by atoms with Gasteiger partial charge in [-0.05, 0) is 11.5 Å². The van der Waals surface area contributed by atoms with Crippen LogP contribution >= 0.6 is 0 Å². The molecule has 0 fully saturated rings. The predicted molar refractivity (Wildman–Crippen MR) is 56.4 cm³/mol. The van der Waals surface area contributed by atoms with Crippen LogP contribution in [0.3, 0.4) is 0 Å². The standard InChI is InChI=1S/C12H11FO2/c1-14-8-15-12-10-5-3-2-4-9(10)6-7-11(12)13/h2-7H,8H2,1H3. The van der Waals surface area contributed by atoms with E-state index in [1.807, 2.05) is 24.3 Å². The van der Waals surface area contributed by atoms with Crippen LogP contribution in [0, 0.1) is 5.82 Å². The van der Waals surface area contributed by atoms with Crippen molar-refractivity contribution in [2.24, 2.45) is 0 Å². The van der Waals surface area contributed by atoms with Gasteiger partial charge in [-0.15, -0.1) is 0 Å². The van der Waals surface area contributed by atoms with E-state index in [2.05, 4.69) is 0 Å². The second-order valence-electron chi connectivity index (χ2n) is 3.15. The third kappa shape index (κ3) is 1.92. The maximum Gasteiger partial charge on any atom is 0.188 e. The second-order valence-corrected chi connectivity index (χ2v) is 3.15. The zero-order valence-electron chi connectivity index (χ0n) is 8.37. The minimum Gasteiger partial charge on any atom is -0.464 e. The molecule has 2 nitrogen and oxygen atoms in total. The van der Waals surface area contributed by atoms with Crippen molar-refractivity contribution in [2.45, 2.75) is 0 Å². The van der Waals surface area contributed by atoms with Gasteiger partial charge in [0.05, 0.1) is 0 Å². The number of hydrogen-bond acceptors (Lipinski definition) is 2. The number of halogens is 1. The van der Waals surface area contributed by atoms with Crippen LogP contribution in [0.1, 0.15) is 0 Å². The zero-order valence-corrected chi connectivity index (χ0v) is 8.37. The minimum absolute atomic E-state index is 0.0466. The molecule has 0 saturated carbocycles. The number of hydrogen-bond donors (Lipinski definition) is 0. The third-order valence-corrected chi connectivity index (χ3v) is 2.15. The lowest BCUT2D eigenvalue weighted by Gasteiger charge is -2.09. The van der Waals surface area contributed by atoms with E-state index >= 15 is 0 Å². The fourth-order valence-electron chi connectivity index (χ4n) is 1.48. The van der Waals surface area contributed by atoms with Crippen molar-refractivity contribution in [3.8, 4) is 5.75 Å². The quantitative estimate of drug-likeness (QED) is 0.719. The van der Waals surface area contributed by atoms with Crippen molar-refractivity contribution < 1.29 is 13.9 Å². The molecule has 0 saturated heterocycles. The molecule has 0 aromatic heterocycles. The normalized spacial score (nSPS) is 10.5. The van der Waals surface area contributed by atoms with E-state index in [0.717, 1.165) is 10.8 Å². The van der Waals surface area contributed by atoms with Crippen LogP contribution in [-0.4, -0.2) is 13.9 Å². The van der Waals surface area contributed by atoms with Gasteiger partial charge in [-0.25, -0.2) is 4.39 Å². The summed E-state index contributed by atoms with van der Waals surface area (Å²) in [6, 6.07) is 10.6. The first-order valence-corrected chi connectivity index (χ1v) is 4.62. The number of methoxy groups -OCH3 is 1. The predicted octanol–water partition coefficient (Wildman–Crippen LogP) is 2.96. The van der Waals surface area contributed by atoms with Gasteiger partial charge in [-0.3, -0.25) is 0 Å². The summed E-state index contributed by atoms with van der Waals surface area (Å²) in [5.41, 5.74) is 0. The molecule has 0 heterocycles. The van der Waals surface area contributed by atoms with Crippen LogP contribution in [0.5, 0.6) is 5.75 Å². The van der Waals surface area contributed by atoms with Gasteiger partial charge in [0.15, 0.2) is 18.4 Å². The van der Waals surface area contributed by atoms with Crippen molar-refractivity contribution in [2.75, 3.05) is 13.9 Å². The van der Waals surface area contributed by atoms with Crippen molar-refractivity contribution in [3.05, 3.63) is 42.2 Å². The van der Waals surface area contributed by atoms with Crippen molar-refractivity contribution >= 4 is 10.8 Å². The summed E-state index contributed by atoms with van der Waals surface area (Å²) in [6.07, 6.45) is 0. The van der Waals surface area contributed by atoms with E-state index in [1.165, 1.54) is 13.2 Å². The fourth-order valence-corrected chi connectivity index (χ4v) is 1.48. The number of rotatable bonds is 3. The molecule has 0 atom stereocenters. The summed E-state index contributed by atoms with van der Waals surface area (Å²) in [5, 5.41) is 1.71. The topological polar surface area (TPSA) is 18.5 Å². The highest BCUT2D eigenvalue weighted by Gasteiger charge is 2.07. The molecule has 0 unspecified atom stereocenters. The lowest BCUT2D eigenvalue weighted by Crippen LogP contribution is -2.01. The molecule has 2 rings (SSSR count). The highest BCUT2D eigenvalue weighted by molar-refractivity contribution is 5.88. The second kappa shape index (κ2) is 4.28. The summed E-state index contributed by atoms with van der Waals surface area (Å²) < 4.78 is 23.4. The Morgan fingerprint density at radius 2 is 1.93 bits per heavy atom. The lowest BCUT2D eigenvalue weighted by atomic mass is 10.1. The Morgan fingerprint density at radius 1 is 1.13 bits per heavy atom. The van der Waals surface area contributed by atoms with Gasteiger partial charge >= 0.3 is 0 Å². The monoisotopic (exact) mass is 206 g/mol. The molecule has 78 valence electrons. The van der Waals surface area contributed by atoms with Gasteiger partial charge in [-0.1, -0.05) is 30.3 Å². The molecule has 0 bridgehead atoms. The summed E-state index contributed by atoms with van der Waals surface area (Å²) >= 11 is 0. The third-order valence-electron chi connectivity index (χ3n) is 2.15. The van der Waals surface area contributed by atoms with Crippen LogP contribution in [0.4, 0.5) is 4.39 Å². The Hall–Kier alpha value is -1.61. The Bertz CT molecular complexity index is 468. The molecule has 2 aromatic carbocycles. The molecule has 0 aliphatic heterocycles. The van der Waals surface area contributed by atoms with Gasteiger partial charge in [0, 0.05) is 12.5 Å². The van der Waals surface area contributed by atoms with Gasteiger partial charge in [-0.2, -0.15) is 0 Å². The average molecular weight is 206 g/mol. The molecule has 0 N–H and O–H groups in total. The number of ether oxygens (including phenoxy) is 2. The lowest BCUT2D eigenvalue weighted by molar-refractivity contribution is 0.0495. The van der Waals surface area contributed by atoms with Crippen molar-refractivity contribution in [1.82, 2.24) is 0 Å². The maximum atomic E-state index is 13.5. The molecule has 15 heavy (non-hydrogen) atoms. The number of benzene rings is 2. The Morgan fingerprint density at radius 3 is 2.73 bits per heavy atom. The molecular weight excluding hydrogens is 195 g/mol. The smallest absolute Gasteiger partial charge is 0.188 e. The summed E-state index contributed by atoms with van der Waals surface area (Å²) in [6.45, 7) is 0.0466. The minimum atomic E-state index is -0.370. The van der Waals surface area contributed by atoms with E-state index < -0.39 is 0 Å². The highest BCUT2D eigenvalue weighted by atomic mass is 19.1. The highest BCUT2D eigenvalue weighted by Crippen LogP contribution is 2.28. The molecule has 0 amide bonds. The van der Waals surface area contributed by atoms with E-state index in [0.29, 0.717) is 0 Å². The fraction of sp³-hybridized carbons (Fsp3) is 0.167. The first-order chi connectivity index (χ1) is 7.33. The largest absolute Gasteiger partial charge is 0.464 e. The Kier molecular flexibility index (Phi) is 2.83. The number of fused-ring (bicyclic) bond motifs is 1. The zero-order chi connectivity index (χ0) is 10.7. The van der Waals surface area contributed by atoms with Crippen LogP contribution in [0.25, 0.3) is 10.8 Å². The van der Waals surface area contributed by atoms with Gasteiger partial charge in [0.25, 0.3) is 0 Å². The maximum absolute atomic E-state index is 13.5. The van der Waals surface area contributed by atoms with E-state index in [9.17, 15) is 4.39 Å². The van der Waals surface area contributed by atoms with E-state index in [1.54, 1.807) is 6.07 Å². The molecule has 0 radical (unpaired) electrons. The van der Waals surface area contributed by atoms with Gasteiger partial charge in [0.2, 0.25) is 0 Å². The first kappa shape index (κ1) is 9.93. The van der Waals surface area contributed by atoms with Crippen LogP contribution < -0.4 is 4.74 Å². The van der Waals surface area contributed by atoms with E-state index in [4.69, 9.17) is 9.47 Å².